The molecular formula is C34H44N2O6. The highest BCUT2D eigenvalue weighted by molar-refractivity contribution is 6.03. The lowest BCUT2D eigenvalue weighted by molar-refractivity contribution is -0.151. The Hall–Kier alpha value is -3.68. The lowest BCUT2D eigenvalue weighted by Gasteiger charge is -2.39. The summed E-state index contributed by atoms with van der Waals surface area (Å²) in [5.74, 6) is -2.45. The maximum Gasteiger partial charge on any atom is 0.323 e. The second-order valence-electron chi connectivity index (χ2n) is 11.7. The summed E-state index contributed by atoms with van der Waals surface area (Å²) in [4.78, 5) is 54.4. The van der Waals surface area contributed by atoms with Gasteiger partial charge >= 0.3 is 11.9 Å². The molecule has 2 unspecified atom stereocenters. The molecule has 226 valence electrons. The Morgan fingerprint density at radius 2 is 1.71 bits per heavy atom. The van der Waals surface area contributed by atoms with Crippen LogP contribution in [0.15, 0.2) is 54.6 Å². The number of benzene rings is 2. The number of carbonyl (C=O) groups is 4. The van der Waals surface area contributed by atoms with Crippen LogP contribution in [0.25, 0.3) is 0 Å². The summed E-state index contributed by atoms with van der Waals surface area (Å²) >= 11 is 0. The standard InChI is InChI=1S/C34H44N2O6/c1-2-42-32(40)27(20-19-25-13-5-3-6-14-25)23-34(21-11-4-12-22-34)33(41)35-28-17-9-7-15-26-16-8-10-18-29(26)36(31(28)39)24-30(37)38/h3,5-6,8,10,13-14,16,18,27-28H,2,4,7,9,11-12,15,17,19-24H2,1H3,(H,35,41)(H,37,38). The van der Waals surface area contributed by atoms with Crippen molar-refractivity contribution in [2.75, 3.05) is 18.1 Å². The molecule has 0 saturated heterocycles. The average molecular weight is 577 g/mol. The number of carboxylic acid groups (broad SMARTS) is 1. The second kappa shape index (κ2) is 15.0. The first-order valence-corrected chi connectivity index (χ1v) is 15.5. The lowest BCUT2D eigenvalue weighted by Crippen LogP contribution is -2.54. The number of carboxylic acids is 1. The zero-order valence-corrected chi connectivity index (χ0v) is 24.7. The monoisotopic (exact) mass is 576 g/mol. The van der Waals surface area contributed by atoms with Crippen molar-refractivity contribution in [3.05, 3.63) is 65.7 Å². The summed E-state index contributed by atoms with van der Waals surface area (Å²) in [5.41, 5.74) is 1.85. The van der Waals surface area contributed by atoms with E-state index in [4.69, 9.17) is 4.74 Å². The van der Waals surface area contributed by atoms with Gasteiger partial charge in [0.25, 0.3) is 0 Å². The molecule has 2 aromatic carbocycles. The van der Waals surface area contributed by atoms with Gasteiger partial charge in [0.1, 0.15) is 12.6 Å². The van der Waals surface area contributed by atoms with Crippen molar-refractivity contribution >= 4 is 29.4 Å². The molecule has 1 heterocycles. The van der Waals surface area contributed by atoms with Gasteiger partial charge in [-0.25, -0.2) is 0 Å². The predicted octanol–water partition coefficient (Wildman–Crippen LogP) is 5.47. The van der Waals surface area contributed by atoms with E-state index in [0.717, 1.165) is 49.7 Å². The van der Waals surface area contributed by atoms with E-state index in [0.29, 0.717) is 44.2 Å². The smallest absolute Gasteiger partial charge is 0.323 e. The van der Waals surface area contributed by atoms with Crippen LogP contribution in [0.1, 0.15) is 82.3 Å². The van der Waals surface area contributed by atoms with Gasteiger partial charge in [-0.15, -0.1) is 0 Å². The van der Waals surface area contributed by atoms with Gasteiger partial charge in [-0.05, 0) is 75.5 Å². The van der Waals surface area contributed by atoms with E-state index in [1.54, 1.807) is 19.1 Å². The molecule has 4 rings (SSSR count). The van der Waals surface area contributed by atoms with Gasteiger partial charge in [0, 0.05) is 5.69 Å². The molecule has 0 spiro atoms. The molecule has 2 amide bonds. The van der Waals surface area contributed by atoms with E-state index in [2.05, 4.69) is 5.32 Å². The summed E-state index contributed by atoms with van der Waals surface area (Å²) in [6, 6.07) is 16.5. The van der Waals surface area contributed by atoms with Crippen LogP contribution in [-0.4, -0.2) is 48.1 Å². The van der Waals surface area contributed by atoms with Crippen LogP contribution in [0.5, 0.6) is 0 Å². The van der Waals surface area contributed by atoms with Gasteiger partial charge in [0.05, 0.1) is 17.9 Å². The first kappa shape index (κ1) is 31.3. The Balaban J connectivity index is 1.58. The van der Waals surface area contributed by atoms with Crippen LogP contribution in [0.3, 0.4) is 0 Å². The summed E-state index contributed by atoms with van der Waals surface area (Å²) in [5, 5.41) is 12.7. The minimum absolute atomic E-state index is 0.211. The highest BCUT2D eigenvalue weighted by Gasteiger charge is 2.44. The average Bonchev–Trinajstić information content (AvgIpc) is 3.05. The molecule has 42 heavy (non-hydrogen) atoms. The Bertz CT molecular complexity index is 1220. The SMILES string of the molecule is CCOC(=O)C(CCc1ccccc1)CC1(C(=O)NC2CCCCc3ccccc3N(CC(=O)O)C2=O)CCCCC1. The van der Waals surface area contributed by atoms with E-state index in [9.17, 15) is 24.3 Å². The van der Waals surface area contributed by atoms with Crippen LogP contribution in [0.2, 0.25) is 0 Å². The van der Waals surface area contributed by atoms with E-state index < -0.39 is 35.8 Å². The summed E-state index contributed by atoms with van der Waals surface area (Å²) < 4.78 is 5.47. The maximum atomic E-state index is 14.2. The van der Waals surface area contributed by atoms with E-state index in [-0.39, 0.29) is 18.5 Å². The van der Waals surface area contributed by atoms with Crippen molar-refractivity contribution in [2.45, 2.75) is 90.0 Å². The highest BCUT2D eigenvalue weighted by Crippen LogP contribution is 2.43. The third kappa shape index (κ3) is 7.99. The second-order valence-corrected chi connectivity index (χ2v) is 11.7. The summed E-state index contributed by atoms with van der Waals surface area (Å²) in [6.07, 6.45) is 8.40. The first-order valence-electron chi connectivity index (χ1n) is 15.5. The fraction of sp³-hybridized carbons (Fsp3) is 0.529. The molecule has 1 fully saturated rings. The number of rotatable bonds is 11. The van der Waals surface area contributed by atoms with Crippen molar-refractivity contribution in [3.8, 4) is 0 Å². The lowest BCUT2D eigenvalue weighted by atomic mass is 9.67. The van der Waals surface area contributed by atoms with Crippen LogP contribution in [-0.2, 0) is 36.8 Å². The van der Waals surface area contributed by atoms with Gasteiger partial charge in [-0.2, -0.15) is 0 Å². The topological polar surface area (TPSA) is 113 Å². The number of anilines is 1. The molecule has 1 saturated carbocycles. The molecular weight excluding hydrogens is 532 g/mol. The highest BCUT2D eigenvalue weighted by atomic mass is 16.5. The van der Waals surface area contributed by atoms with Gasteiger partial charge < -0.3 is 15.2 Å². The molecule has 2 aliphatic rings. The molecule has 1 aliphatic heterocycles. The number of esters is 1. The minimum atomic E-state index is -1.11. The molecule has 8 nitrogen and oxygen atoms in total. The van der Waals surface area contributed by atoms with E-state index >= 15 is 0 Å². The fourth-order valence-corrected chi connectivity index (χ4v) is 6.60. The van der Waals surface area contributed by atoms with Gasteiger partial charge in [-0.3, -0.25) is 24.1 Å². The number of hydrogen-bond acceptors (Lipinski definition) is 5. The number of aryl methyl sites for hydroxylation is 2. The van der Waals surface area contributed by atoms with Crippen LogP contribution < -0.4 is 10.2 Å². The fourth-order valence-electron chi connectivity index (χ4n) is 6.60. The number of hydrogen-bond donors (Lipinski definition) is 2. The Kier molecular flexibility index (Phi) is 11.2. The molecule has 0 bridgehead atoms. The maximum absolute atomic E-state index is 14.2. The number of para-hydroxylation sites is 1. The largest absolute Gasteiger partial charge is 0.480 e. The molecule has 2 atom stereocenters. The number of ether oxygens (including phenoxy) is 1. The van der Waals surface area contributed by atoms with Gasteiger partial charge in [0.15, 0.2) is 0 Å². The molecule has 2 aromatic rings. The number of aliphatic carboxylic acids is 1. The number of carbonyl (C=O) groups excluding carboxylic acids is 3. The van der Waals surface area contributed by atoms with E-state index in [1.165, 1.54) is 4.90 Å². The quantitative estimate of drug-likeness (QED) is 0.343. The zero-order chi connectivity index (χ0) is 30.0. The van der Waals surface area contributed by atoms with Crippen molar-refractivity contribution in [1.82, 2.24) is 5.32 Å². The molecule has 0 aromatic heterocycles. The van der Waals surface area contributed by atoms with Crippen molar-refractivity contribution in [1.29, 1.82) is 0 Å². The van der Waals surface area contributed by atoms with Crippen molar-refractivity contribution in [2.24, 2.45) is 11.3 Å². The first-order chi connectivity index (χ1) is 20.3. The molecule has 8 heteroatoms. The molecule has 1 aliphatic carbocycles. The molecule has 2 N–H and O–H groups in total. The van der Waals surface area contributed by atoms with Crippen LogP contribution in [0, 0.1) is 11.3 Å². The molecule has 0 radical (unpaired) electrons. The third-order valence-electron chi connectivity index (χ3n) is 8.81. The number of nitrogens with one attached hydrogen (secondary N) is 1. The number of fused-ring (bicyclic) bond motifs is 1. The zero-order valence-electron chi connectivity index (χ0n) is 24.7. The van der Waals surface area contributed by atoms with Crippen LogP contribution >= 0.6 is 0 Å². The minimum Gasteiger partial charge on any atom is -0.480 e. The summed E-state index contributed by atoms with van der Waals surface area (Å²) in [7, 11) is 0. The van der Waals surface area contributed by atoms with E-state index in [1.807, 2.05) is 42.5 Å². The van der Waals surface area contributed by atoms with Crippen molar-refractivity contribution < 1.29 is 29.0 Å². The van der Waals surface area contributed by atoms with Gasteiger partial charge in [-0.1, -0.05) is 74.2 Å². The normalized spacial score (nSPS) is 19.4. The number of amides is 2. The Morgan fingerprint density at radius 3 is 2.43 bits per heavy atom. The third-order valence-corrected chi connectivity index (χ3v) is 8.81. The number of nitrogens with zero attached hydrogens (tertiary/aromatic N) is 1. The van der Waals surface area contributed by atoms with Gasteiger partial charge in [0.2, 0.25) is 11.8 Å². The van der Waals surface area contributed by atoms with Crippen molar-refractivity contribution in [3.63, 3.8) is 0 Å². The Labute approximate surface area is 248 Å². The predicted molar refractivity (Wildman–Crippen MR) is 161 cm³/mol. The van der Waals surface area contributed by atoms with Crippen LogP contribution in [0.4, 0.5) is 5.69 Å². The Morgan fingerprint density at radius 1 is 1.00 bits per heavy atom. The summed E-state index contributed by atoms with van der Waals surface area (Å²) in [6.45, 7) is 1.59.